The minimum absolute atomic E-state index is 0.0860. The van der Waals surface area contributed by atoms with Gasteiger partial charge >= 0.3 is 0 Å². The molecule has 0 bridgehead atoms. The van der Waals surface area contributed by atoms with Crippen molar-refractivity contribution in [3.8, 4) is 5.69 Å². The molecule has 2 amide bonds. The summed E-state index contributed by atoms with van der Waals surface area (Å²) in [5.74, 6) is -1.11. The Labute approximate surface area is 189 Å². The minimum atomic E-state index is -0.452. The van der Waals surface area contributed by atoms with E-state index in [4.69, 9.17) is 23.2 Å². The summed E-state index contributed by atoms with van der Waals surface area (Å²) < 4.78 is 15.0. The topological polar surface area (TPSA) is 67.2 Å². The predicted octanol–water partition coefficient (Wildman–Crippen LogP) is 4.57. The predicted molar refractivity (Wildman–Crippen MR) is 119 cm³/mol. The van der Waals surface area contributed by atoms with E-state index in [1.807, 2.05) is 13.8 Å². The Hall–Kier alpha value is -2.90. The first-order valence-corrected chi connectivity index (χ1v) is 10.2. The monoisotopic (exact) mass is 462 g/mol. The SMILES string of the molecule is Cc1nn(-c2ccc(Cl)c(Cl)c2)c(C)c1CC(=O)N(C)CC(=O)Nc1cccc(F)c1. The van der Waals surface area contributed by atoms with Crippen molar-refractivity contribution in [2.75, 3.05) is 18.9 Å². The molecule has 6 nitrogen and oxygen atoms in total. The molecule has 2 aromatic carbocycles. The first-order valence-electron chi connectivity index (χ1n) is 9.45. The second-order valence-electron chi connectivity index (χ2n) is 7.14. The van der Waals surface area contributed by atoms with Crippen LogP contribution >= 0.6 is 23.2 Å². The molecule has 1 N–H and O–H groups in total. The molecule has 0 atom stereocenters. The molecule has 9 heteroatoms. The molecule has 0 radical (unpaired) electrons. The number of carbonyl (C=O) groups is 2. The number of aromatic nitrogens is 2. The van der Waals surface area contributed by atoms with Crippen molar-refractivity contribution >= 4 is 40.7 Å². The number of nitrogens with zero attached hydrogens (tertiary/aromatic N) is 3. The van der Waals surface area contributed by atoms with Crippen LogP contribution < -0.4 is 5.32 Å². The van der Waals surface area contributed by atoms with Crippen molar-refractivity contribution in [2.24, 2.45) is 0 Å². The summed E-state index contributed by atoms with van der Waals surface area (Å²) >= 11 is 12.1. The molecule has 0 aliphatic heterocycles. The molecular formula is C22H21Cl2FN4O2. The number of benzene rings is 2. The highest BCUT2D eigenvalue weighted by Gasteiger charge is 2.20. The van der Waals surface area contributed by atoms with Gasteiger partial charge in [0.2, 0.25) is 11.8 Å². The van der Waals surface area contributed by atoms with Gasteiger partial charge in [0.05, 0.1) is 34.4 Å². The van der Waals surface area contributed by atoms with E-state index in [2.05, 4.69) is 10.4 Å². The van der Waals surface area contributed by atoms with E-state index >= 15 is 0 Å². The highest BCUT2D eigenvalue weighted by atomic mass is 35.5. The van der Waals surface area contributed by atoms with Crippen LogP contribution in [0.1, 0.15) is 17.0 Å². The fourth-order valence-corrected chi connectivity index (χ4v) is 3.45. The molecule has 3 rings (SSSR count). The zero-order chi connectivity index (χ0) is 22.7. The summed E-state index contributed by atoms with van der Waals surface area (Å²) in [5, 5.41) is 7.95. The normalized spacial score (nSPS) is 10.8. The molecular weight excluding hydrogens is 442 g/mol. The number of rotatable bonds is 6. The summed E-state index contributed by atoms with van der Waals surface area (Å²) in [6, 6.07) is 10.8. The van der Waals surface area contributed by atoms with E-state index < -0.39 is 11.7 Å². The molecule has 31 heavy (non-hydrogen) atoms. The molecule has 3 aromatic rings. The molecule has 0 aliphatic rings. The van der Waals surface area contributed by atoms with Crippen LogP contribution in [0, 0.1) is 19.7 Å². The van der Waals surface area contributed by atoms with Crippen molar-refractivity contribution < 1.29 is 14.0 Å². The van der Waals surface area contributed by atoms with Gasteiger partial charge < -0.3 is 10.2 Å². The highest BCUT2D eigenvalue weighted by molar-refractivity contribution is 6.42. The lowest BCUT2D eigenvalue weighted by molar-refractivity contribution is -0.132. The van der Waals surface area contributed by atoms with Crippen molar-refractivity contribution in [1.29, 1.82) is 0 Å². The average molecular weight is 463 g/mol. The van der Waals surface area contributed by atoms with Gasteiger partial charge in [-0.15, -0.1) is 0 Å². The number of anilines is 1. The summed E-state index contributed by atoms with van der Waals surface area (Å²) in [5.41, 5.74) is 3.34. The van der Waals surface area contributed by atoms with Crippen LogP contribution in [0.4, 0.5) is 10.1 Å². The molecule has 1 heterocycles. The number of carbonyl (C=O) groups excluding carboxylic acids is 2. The van der Waals surface area contributed by atoms with E-state index in [1.165, 1.54) is 23.1 Å². The van der Waals surface area contributed by atoms with E-state index in [-0.39, 0.29) is 18.9 Å². The molecule has 0 spiro atoms. The van der Waals surface area contributed by atoms with Crippen LogP contribution in [0.25, 0.3) is 5.69 Å². The smallest absolute Gasteiger partial charge is 0.243 e. The molecule has 1 aromatic heterocycles. The van der Waals surface area contributed by atoms with Gasteiger partial charge in [-0.25, -0.2) is 9.07 Å². The number of aryl methyl sites for hydroxylation is 1. The maximum absolute atomic E-state index is 13.3. The molecule has 0 saturated heterocycles. The van der Waals surface area contributed by atoms with Crippen LogP contribution in [0.3, 0.4) is 0 Å². The van der Waals surface area contributed by atoms with E-state index in [0.29, 0.717) is 21.4 Å². The fourth-order valence-electron chi connectivity index (χ4n) is 3.16. The Bertz CT molecular complexity index is 1150. The second kappa shape index (κ2) is 9.49. The Morgan fingerprint density at radius 3 is 2.55 bits per heavy atom. The molecule has 162 valence electrons. The number of hydrogen-bond acceptors (Lipinski definition) is 3. The maximum atomic E-state index is 13.3. The third-order valence-electron chi connectivity index (χ3n) is 4.83. The highest BCUT2D eigenvalue weighted by Crippen LogP contribution is 2.26. The van der Waals surface area contributed by atoms with E-state index in [0.717, 1.165) is 16.9 Å². The standard InChI is InChI=1S/C22H21Cl2FN4O2/c1-13-18(14(2)29(27-13)17-7-8-19(23)20(24)10-17)11-22(31)28(3)12-21(30)26-16-6-4-5-15(25)9-16/h4-10H,11-12H2,1-3H3,(H,26,30). The summed E-state index contributed by atoms with van der Waals surface area (Å²) in [7, 11) is 1.54. The maximum Gasteiger partial charge on any atom is 0.243 e. The van der Waals surface area contributed by atoms with Crippen molar-refractivity contribution in [2.45, 2.75) is 20.3 Å². The second-order valence-corrected chi connectivity index (χ2v) is 7.96. The molecule has 0 fully saturated rings. The summed E-state index contributed by atoms with van der Waals surface area (Å²) in [6.45, 7) is 3.52. The number of halogens is 3. The van der Waals surface area contributed by atoms with Gasteiger partial charge in [-0.3, -0.25) is 9.59 Å². The van der Waals surface area contributed by atoms with E-state index in [9.17, 15) is 14.0 Å². The third-order valence-corrected chi connectivity index (χ3v) is 5.57. The lowest BCUT2D eigenvalue weighted by Gasteiger charge is -2.17. The molecule has 0 saturated carbocycles. The Balaban J connectivity index is 1.69. The van der Waals surface area contributed by atoms with Crippen LogP contribution in [0.2, 0.25) is 10.0 Å². The van der Waals surface area contributed by atoms with Gasteiger partial charge in [0, 0.05) is 24.0 Å². The number of likely N-dealkylation sites (N-methyl/N-ethyl adjacent to an activating group) is 1. The lowest BCUT2D eigenvalue weighted by atomic mass is 10.1. The van der Waals surface area contributed by atoms with Crippen LogP contribution in [0.15, 0.2) is 42.5 Å². The van der Waals surface area contributed by atoms with Crippen LogP contribution in [0.5, 0.6) is 0 Å². The third kappa shape index (κ3) is 5.42. The zero-order valence-corrected chi connectivity index (χ0v) is 18.8. The number of amides is 2. The first kappa shape index (κ1) is 22.8. The van der Waals surface area contributed by atoms with Gasteiger partial charge in [0.1, 0.15) is 5.82 Å². The number of hydrogen-bond donors (Lipinski definition) is 1. The average Bonchev–Trinajstić information content (AvgIpc) is 2.98. The zero-order valence-electron chi connectivity index (χ0n) is 17.2. The fraction of sp³-hybridized carbons (Fsp3) is 0.227. The van der Waals surface area contributed by atoms with Crippen molar-refractivity contribution in [3.63, 3.8) is 0 Å². The van der Waals surface area contributed by atoms with Crippen LogP contribution in [-0.2, 0) is 16.0 Å². The van der Waals surface area contributed by atoms with Gasteiger partial charge in [0.25, 0.3) is 0 Å². The Kier molecular flexibility index (Phi) is 6.97. The minimum Gasteiger partial charge on any atom is -0.336 e. The van der Waals surface area contributed by atoms with Crippen molar-refractivity contribution in [3.05, 3.63) is 75.3 Å². The lowest BCUT2D eigenvalue weighted by Crippen LogP contribution is -2.36. The quantitative estimate of drug-likeness (QED) is 0.582. The molecule has 0 unspecified atom stereocenters. The first-order chi connectivity index (χ1) is 14.7. The van der Waals surface area contributed by atoms with Gasteiger partial charge in [-0.2, -0.15) is 5.10 Å². The summed E-state index contributed by atoms with van der Waals surface area (Å²) in [6.07, 6.45) is 0.0860. The largest absolute Gasteiger partial charge is 0.336 e. The Morgan fingerprint density at radius 2 is 1.87 bits per heavy atom. The van der Waals surface area contributed by atoms with E-state index in [1.54, 1.807) is 36.0 Å². The molecule has 0 aliphatic carbocycles. The van der Waals surface area contributed by atoms with Gasteiger partial charge in [-0.1, -0.05) is 29.3 Å². The summed E-state index contributed by atoms with van der Waals surface area (Å²) in [4.78, 5) is 26.2. The van der Waals surface area contributed by atoms with Crippen molar-refractivity contribution in [1.82, 2.24) is 14.7 Å². The number of nitrogens with one attached hydrogen (secondary N) is 1. The van der Waals surface area contributed by atoms with Gasteiger partial charge in [-0.05, 0) is 50.2 Å². The van der Waals surface area contributed by atoms with Crippen LogP contribution in [-0.4, -0.2) is 40.1 Å². The van der Waals surface area contributed by atoms with Gasteiger partial charge in [0.15, 0.2) is 0 Å². The Morgan fingerprint density at radius 1 is 1.13 bits per heavy atom.